The average molecular weight is 416 g/mol. The van der Waals surface area contributed by atoms with Gasteiger partial charge in [-0.25, -0.2) is 4.98 Å². The standard InChI is InChI=1S/C23H24N6O2/c30-21-16-7-9-23(19(16)25-20(26-21)14-4-2-10-24-12-14)8-3-11-29(13-23)22(31)18-15-5-1-6-17(15)27-28-18/h2,4,10,12H,1,3,5-9,11,13H2,(H,27,28)(H,25,26,30). The van der Waals surface area contributed by atoms with E-state index in [9.17, 15) is 9.59 Å². The number of piperidine rings is 1. The largest absolute Gasteiger partial charge is 0.336 e. The van der Waals surface area contributed by atoms with Gasteiger partial charge in [-0.3, -0.25) is 19.7 Å². The van der Waals surface area contributed by atoms with Crippen LogP contribution in [0.2, 0.25) is 0 Å². The third kappa shape index (κ3) is 2.85. The number of fused-ring (bicyclic) bond motifs is 3. The SMILES string of the molecule is O=C(c1n[nH]c2c1CCC2)N1CCCC2(CCc3c2nc(-c2cccnc2)[nH]c3=O)C1. The summed E-state index contributed by atoms with van der Waals surface area (Å²) in [6, 6.07) is 3.73. The maximum atomic E-state index is 13.4. The first kappa shape index (κ1) is 18.5. The van der Waals surface area contributed by atoms with E-state index in [2.05, 4.69) is 20.2 Å². The minimum Gasteiger partial charge on any atom is -0.336 e. The molecule has 1 atom stereocenters. The second-order valence-corrected chi connectivity index (χ2v) is 8.98. The quantitative estimate of drug-likeness (QED) is 0.666. The van der Waals surface area contributed by atoms with Crippen molar-refractivity contribution in [2.24, 2.45) is 0 Å². The smallest absolute Gasteiger partial charge is 0.274 e. The fraction of sp³-hybridized carbons (Fsp3) is 0.435. The van der Waals surface area contributed by atoms with Crippen molar-refractivity contribution in [2.75, 3.05) is 13.1 Å². The number of H-pyrrole nitrogens is 2. The zero-order valence-electron chi connectivity index (χ0n) is 17.3. The van der Waals surface area contributed by atoms with Crippen molar-refractivity contribution in [2.45, 2.75) is 50.4 Å². The van der Waals surface area contributed by atoms with Crippen LogP contribution in [0.3, 0.4) is 0 Å². The van der Waals surface area contributed by atoms with Crippen molar-refractivity contribution in [3.8, 4) is 11.4 Å². The number of hydrogen-bond donors (Lipinski definition) is 2. The van der Waals surface area contributed by atoms with Crippen LogP contribution >= 0.6 is 0 Å². The number of carbonyl (C=O) groups excluding carboxylic acids is 1. The number of hydrogen-bond acceptors (Lipinski definition) is 5. The fourth-order valence-corrected chi connectivity index (χ4v) is 5.64. The first-order valence-electron chi connectivity index (χ1n) is 11.0. The molecule has 3 aliphatic rings. The minimum atomic E-state index is -0.270. The Bertz CT molecular complexity index is 1230. The molecule has 2 N–H and O–H groups in total. The number of pyridine rings is 1. The number of nitrogens with one attached hydrogen (secondary N) is 2. The number of aromatic amines is 2. The Kier molecular flexibility index (Phi) is 4.09. The lowest BCUT2D eigenvalue weighted by Gasteiger charge is -2.40. The molecule has 0 saturated carbocycles. The molecule has 4 heterocycles. The van der Waals surface area contributed by atoms with Gasteiger partial charge >= 0.3 is 0 Å². The molecule has 1 aliphatic heterocycles. The highest BCUT2D eigenvalue weighted by Gasteiger charge is 2.46. The van der Waals surface area contributed by atoms with Crippen molar-refractivity contribution in [1.29, 1.82) is 0 Å². The Morgan fingerprint density at radius 3 is 2.94 bits per heavy atom. The highest BCUT2D eigenvalue weighted by Crippen LogP contribution is 2.43. The Balaban J connectivity index is 1.36. The van der Waals surface area contributed by atoms with Gasteiger partial charge in [0.1, 0.15) is 5.82 Å². The maximum Gasteiger partial charge on any atom is 0.274 e. The van der Waals surface area contributed by atoms with Crippen LogP contribution in [-0.4, -0.2) is 49.0 Å². The van der Waals surface area contributed by atoms with E-state index in [0.717, 1.165) is 73.1 Å². The highest BCUT2D eigenvalue weighted by atomic mass is 16.2. The van der Waals surface area contributed by atoms with Crippen LogP contribution in [0.1, 0.15) is 58.7 Å². The van der Waals surface area contributed by atoms with Gasteiger partial charge in [-0.1, -0.05) is 0 Å². The third-order valence-corrected chi connectivity index (χ3v) is 7.18. The molecule has 0 radical (unpaired) electrons. The number of aryl methyl sites for hydroxylation is 1. The van der Waals surface area contributed by atoms with Gasteiger partial charge in [-0.15, -0.1) is 0 Å². The molecule has 0 bridgehead atoms. The van der Waals surface area contributed by atoms with Crippen LogP contribution in [-0.2, 0) is 24.7 Å². The third-order valence-electron chi connectivity index (χ3n) is 7.18. The summed E-state index contributed by atoms with van der Waals surface area (Å²) in [6.07, 6.45) is 9.75. The van der Waals surface area contributed by atoms with E-state index in [-0.39, 0.29) is 16.9 Å². The lowest BCUT2D eigenvalue weighted by molar-refractivity contribution is 0.0626. The molecule has 1 fully saturated rings. The highest BCUT2D eigenvalue weighted by molar-refractivity contribution is 5.94. The summed E-state index contributed by atoms with van der Waals surface area (Å²) in [5, 5.41) is 7.40. The monoisotopic (exact) mass is 416 g/mol. The number of nitrogens with zero attached hydrogens (tertiary/aromatic N) is 4. The number of aromatic nitrogens is 5. The van der Waals surface area contributed by atoms with Crippen LogP contribution in [0.4, 0.5) is 0 Å². The first-order valence-corrected chi connectivity index (χ1v) is 11.0. The fourth-order valence-electron chi connectivity index (χ4n) is 5.64. The van der Waals surface area contributed by atoms with E-state index in [4.69, 9.17) is 4.98 Å². The maximum absolute atomic E-state index is 13.4. The zero-order valence-corrected chi connectivity index (χ0v) is 17.3. The molecule has 3 aromatic rings. The van der Waals surface area contributed by atoms with Crippen molar-refractivity contribution < 1.29 is 4.79 Å². The Morgan fingerprint density at radius 1 is 1.13 bits per heavy atom. The van der Waals surface area contributed by atoms with Gasteiger partial charge in [0.25, 0.3) is 11.5 Å². The number of amides is 1. The van der Waals surface area contributed by atoms with Crippen LogP contribution in [0.5, 0.6) is 0 Å². The van der Waals surface area contributed by atoms with Crippen molar-refractivity contribution in [1.82, 2.24) is 30.0 Å². The van der Waals surface area contributed by atoms with Gasteiger partial charge in [0.05, 0.1) is 5.69 Å². The lowest BCUT2D eigenvalue weighted by atomic mass is 9.77. The normalized spacial score (nSPS) is 22.0. The first-order chi connectivity index (χ1) is 15.1. The van der Waals surface area contributed by atoms with E-state index in [1.165, 1.54) is 0 Å². The molecule has 158 valence electrons. The van der Waals surface area contributed by atoms with Crippen LogP contribution in [0.15, 0.2) is 29.3 Å². The molecule has 3 aromatic heterocycles. The molecule has 1 amide bonds. The van der Waals surface area contributed by atoms with E-state index in [0.29, 0.717) is 24.5 Å². The van der Waals surface area contributed by atoms with Crippen molar-refractivity contribution >= 4 is 5.91 Å². The molecule has 0 aromatic carbocycles. The number of likely N-dealkylation sites (tertiary alicyclic amines) is 1. The molecule has 6 rings (SSSR count). The second kappa shape index (κ2) is 6.87. The predicted molar refractivity (Wildman–Crippen MR) is 114 cm³/mol. The van der Waals surface area contributed by atoms with Gasteiger partial charge in [0.15, 0.2) is 5.69 Å². The molecular formula is C23H24N6O2. The number of carbonyl (C=O) groups is 1. The summed E-state index contributed by atoms with van der Waals surface area (Å²) in [6.45, 7) is 1.31. The molecule has 8 nitrogen and oxygen atoms in total. The minimum absolute atomic E-state index is 0.00393. The Labute approximate surface area is 179 Å². The Hall–Kier alpha value is -3.29. The predicted octanol–water partition coefficient (Wildman–Crippen LogP) is 2.16. The average Bonchev–Trinajstić information content (AvgIpc) is 3.50. The van der Waals surface area contributed by atoms with Gasteiger partial charge in [-0.05, 0) is 57.1 Å². The van der Waals surface area contributed by atoms with Crippen LogP contribution < -0.4 is 5.56 Å². The van der Waals surface area contributed by atoms with Crippen LogP contribution in [0.25, 0.3) is 11.4 Å². The summed E-state index contributed by atoms with van der Waals surface area (Å²) in [4.78, 5) is 40.2. The molecule has 1 saturated heterocycles. The van der Waals surface area contributed by atoms with Gasteiger partial charge in [-0.2, -0.15) is 5.10 Å². The molecule has 1 spiro atoms. The molecule has 8 heteroatoms. The van der Waals surface area contributed by atoms with Crippen LogP contribution in [0, 0.1) is 0 Å². The van der Waals surface area contributed by atoms with Gasteiger partial charge in [0, 0.05) is 53.3 Å². The van der Waals surface area contributed by atoms with E-state index in [1.54, 1.807) is 12.4 Å². The topological polar surface area (TPSA) is 108 Å². The summed E-state index contributed by atoms with van der Waals surface area (Å²) >= 11 is 0. The number of rotatable bonds is 2. The van der Waals surface area contributed by atoms with Gasteiger partial charge < -0.3 is 9.88 Å². The lowest BCUT2D eigenvalue weighted by Crippen LogP contribution is -2.48. The van der Waals surface area contributed by atoms with Crippen molar-refractivity contribution in [3.05, 3.63) is 63.1 Å². The summed E-state index contributed by atoms with van der Waals surface area (Å²) in [7, 11) is 0. The van der Waals surface area contributed by atoms with E-state index in [1.807, 2.05) is 17.0 Å². The molecule has 31 heavy (non-hydrogen) atoms. The van der Waals surface area contributed by atoms with E-state index < -0.39 is 0 Å². The zero-order chi connectivity index (χ0) is 21.0. The van der Waals surface area contributed by atoms with Gasteiger partial charge in [0.2, 0.25) is 0 Å². The summed E-state index contributed by atoms with van der Waals surface area (Å²) in [5.74, 6) is 0.552. The van der Waals surface area contributed by atoms with Crippen molar-refractivity contribution in [3.63, 3.8) is 0 Å². The van der Waals surface area contributed by atoms with E-state index >= 15 is 0 Å². The molecule has 1 unspecified atom stereocenters. The molecule has 2 aliphatic carbocycles. The Morgan fingerprint density at radius 2 is 2.06 bits per heavy atom. The summed E-state index contributed by atoms with van der Waals surface area (Å²) in [5.41, 5.74) is 4.85. The second-order valence-electron chi connectivity index (χ2n) is 8.98. The summed E-state index contributed by atoms with van der Waals surface area (Å²) < 4.78 is 0. The molecular weight excluding hydrogens is 392 g/mol.